The first-order chi connectivity index (χ1) is 8.96. The van der Waals surface area contributed by atoms with E-state index in [9.17, 15) is 30.0 Å². The van der Waals surface area contributed by atoms with Crippen LogP contribution in [0.1, 0.15) is 0 Å². The van der Waals surface area contributed by atoms with Crippen LogP contribution in [0.15, 0.2) is 0 Å². The quantitative estimate of drug-likeness (QED) is 0.250. The summed E-state index contributed by atoms with van der Waals surface area (Å²) < 4.78 is 132. The van der Waals surface area contributed by atoms with E-state index in [1.165, 1.54) is 4.13 Å². The number of rotatable bonds is 2. The van der Waals surface area contributed by atoms with Gasteiger partial charge in [0, 0.05) is 0 Å². The van der Waals surface area contributed by atoms with Crippen molar-refractivity contribution in [3.63, 3.8) is 0 Å². The first-order valence-corrected chi connectivity index (χ1v) is 10.4. The van der Waals surface area contributed by atoms with Crippen LogP contribution in [0, 0.1) is 0 Å². The normalized spacial score (nSPS) is 13.3. The molecule has 0 bridgehead atoms. The van der Waals surface area contributed by atoms with Crippen LogP contribution in [-0.2, 0) is 40.6 Å². The molecule has 3 N–H and O–H groups in total. The van der Waals surface area contributed by atoms with Crippen LogP contribution in [0.3, 0.4) is 0 Å². The van der Waals surface area contributed by atoms with Crippen molar-refractivity contribution in [1.29, 1.82) is 0 Å². The molecule has 0 amide bonds. The molecule has 0 aromatic rings. The van der Waals surface area contributed by atoms with Crippen LogP contribution >= 0.6 is 0 Å². The molecule has 0 rings (SSSR count). The second kappa shape index (κ2) is 8.33. The average molecular weight is 420 g/mol. The maximum Gasteiger partial charge on any atom is 0.522 e. The average Bonchev–Trinajstić information content (AvgIpc) is 1.86. The van der Waals surface area contributed by atoms with Crippen molar-refractivity contribution in [2.45, 2.75) is 5.51 Å². The van der Waals surface area contributed by atoms with Crippen LogP contribution < -0.4 is 4.13 Å². The van der Waals surface area contributed by atoms with Gasteiger partial charge in [0.05, 0.1) is 12.5 Å². The molecule has 22 heavy (non-hydrogen) atoms. The van der Waals surface area contributed by atoms with Gasteiger partial charge in [-0.25, -0.2) is 25.3 Å². The van der Waals surface area contributed by atoms with Crippen molar-refractivity contribution in [2.24, 2.45) is 0 Å². The first kappa shape index (κ1) is 26.3. The summed E-state index contributed by atoms with van der Waals surface area (Å²) in [7, 11) is -18.0. The minimum absolute atomic E-state index is 0.772. The largest absolute Gasteiger partial charge is 0.726 e. The Kier molecular flexibility index (Phi) is 9.97. The predicted molar refractivity (Wildman–Crippen MR) is 62.8 cm³/mol. The van der Waals surface area contributed by atoms with E-state index in [1.54, 1.807) is 0 Å². The molecule has 138 valence electrons. The minimum atomic E-state index is -5.84. The molecular formula is C3H9F3NO11S4-. The zero-order valence-corrected chi connectivity index (χ0v) is 13.6. The highest BCUT2D eigenvalue weighted by molar-refractivity contribution is 8.04. The van der Waals surface area contributed by atoms with Crippen molar-refractivity contribution < 1.29 is 60.5 Å². The summed E-state index contributed by atoms with van der Waals surface area (Å²) in [6.07, 6.45) is 1.54. The Morgan fingerprint density at radius 3 is 0.955 bits per heavy atom. The molecule has 0 aliphatic heterocycles. The Morgan fingerprint density at radius 2 is 0.955 bits per heavy atom. The Morgan fingerprint density at radius 1 is 0.818 bits per heavy atom. The van der Waals surface area contributed by atoms with Gasteiger partial charge in [0.25, 0.3) is 0 Å². The summed E-state index contributed by atoms with van der Waals surface area (Å²) in [5.41, 5.74) is -5.53. The van der Waals surface area contributed by atoms with Crippen molar-refractivity contribution in [1.82, 2.24) is 4.13 Å². The van der Waals surface area contributed by atoms with Gasteiger partial charge >= 0.3 is 15.6 Å². The highest BCUT2D eigenvalue weighted by Gasteiger charge is 2.44. The van der Waals surface area contributed by atoms with Crippen molar-refractivity contribution in [3.05, 3.63) is 0 Å². The fourth-order valence-electron chi connectivity index (χ4n) is 0.275. The van der Waals surface area contributed by atoms with Gasteiger partial charge in [0.1, 0.15) is 0 Å². The topological polar surface area (TPSA) is 212 Å². The second-order valence-corrected chi connectivity index (χ2v) is 9.00. The van der Waals surface area contributed by atoms with E-state index in [0.29, 0.717) is 0 Å². The lowest BCUT2D eigenvalue weighted by Crippen LogP contribution is -2.27. The zero-order valence-electron chi connectivity index (χ0n) is 10.3. The Hall–Kier alpha value is -0.570. The first-order valence-electron chi connectivity index (χ1n) is 3.86. The van der Waals surface area contributed by atoms with Gasteiger partial charge < -0.3 is 4.55 Å². The molecule has 0 heterocycles. The highest BCUT2D eigenvalue weighted by Crippen LogP contribution is 2.20. The minimum Gasteiger partial charge on any atom is -0.726 e. The van der Waals surface area contributed by atoms with Gasteiger partial charge in [-0.05, 0) is 0 Å². The van der Waals surface area contributed by atoms with Crippen LogP contribution in [0.4, 0.5) is 13.2 Å². The molecule has 0 atom stereocenters. The molecule has 0 unspecified atom stereocenters. The maximum absolute atomic E-state index is 10.7. The monoisotopic (exact) mass is 420 g/mol. The van der Waals surface area contributed by atoms with E-state index >= 15 is 0 Å². The molecule has 0 radical (unpaired) electrons. The van der Waals surface area contributed by atoms with Gasteiger partial charge in [-0.3, -0.25) is 9.11 Å². The molecule has 12 nitrogen and oxygen atoms in total. The summed E-state index contributed by atoms with van der Waals surface area (Å²) in [6, 6.07) is 0. The third-order valence-corrected chi connectivity index (χ3v) is 3.60. The SMILES string of the molecule is CS(=O)(=O)NS(C)(=O)=O.O=S(=O)(O)C(F)(F)F.O=S(=O)([O-])O. The molecule has 0 saturated carbocycles. The van der Waals surface area contributed by atoms with Crippen LogP contribution in [0.2, 0.25) is 0 Å². The smallest absolute Gasteiger partial charge is 0.522 e. The molecule has 0 aliphatic carbocycles. The van der Waals surface area contributed by atoms with Gasteiger partial charge in [-0.1, -0.05) is 0 Å². The van der Waals surface area contributed by atoms with Crippen LogP contribution in [-0.4, -0.2) is 65.3 Å². The third-order valence-electron chi connectivity index (χ3n) is 0.595. The summed E-state index contributed by atoms with van der Waals surface area (Å²) in [5, 5.41) is 0. The van der Waals surface area contributed by atoms with Gasteiger partial charge in [0.15, 0.2) is 0 Å². The van der Waals surface area contributed by atoms with Crippen molar-refractivity contribution >= 4 is 40.6 Å². The second-order valence-electron chi connectivity index (χ2n) is 2.98. The molecule has 0 fully saturated rings. The summed E-state index contributed by atoms with van der Waals surface area (Å²) in [5.74, 6) is 0. The molecular weight excluding hydrogens is 411 g/mol. The molecule has 0 saturated heterocycles. The van der Waals surface area contributed by atoms with E-state index < -0.39 is 46.1 Å². The van der Waals surface area contributed by atoms with Crippen LogP contribution in [0.25, 0.3) is 0 Å². The van der Waals surface area contributed by atoms with E-state index in [-0.39, 0.29) is 0 Å². The van der Waals surface area contributed by atoms with Crippen molar-refractivity contribution in [3.8, 4) is 0 Å². The third kappa shape index (κ3) is 31.7. The number of hydrogen-bond donors (Lipinski definition) is 3. The number of halogens is 3. The highest BCUT2D eigenvalue weighted by atomic mass is 32.3. The van der Waals surface area contributed by atoms with E-state index in [1.807, 2.05) is 0 Å². The van der Waals surface area contributed by atoms with Crippen LogP contribution in [0.5, 0.6) is 0 Å². The lowest BCUT2D eigenvalue weighted by Gasteiger charge is -1.97. The number of nitrogens with one attached hydrogen (secondary N) is 1. The number of alkyl halides is 3. The summed E-state index contributed by atoms with van der Waals surface area (Å²) >= 11 is 0. The fraction of sp³-hybridized carbons (Fsp3) is 1.00. The lowest BCUT2D eigenvalue weighted by molar-refractivity contribution is -0.0510. The summed E-state index contributed by atoms with van der Waals surface area (Å²) in [4.78, 5) is 0. The molecule has 19 heteroatoms. The lowest BCUT2D eigenvalue weighted by atomic mass is 11.6. The maximum atomic E-state index is 10.7. The van der Waals surface area contributed by atoms with E-state index in [2.05, 4.69) is 0 Å². The van der Waals surface area contributed by atoms with Crippen molar-refractivity contribution in [2.75, 3.05) is 12.5 Å². The van der Waals surface area contributed by atoms with Gasteiger partial charge in [0.2, 0.25) is 30.4 Å². The Balaban J connectivity index is -0.000000257. The molecule has 0 aliphatic rings. The fourth-order valence-corrected chi connectivity index (χ4v) is 2.47. The standard InChI is InChI=1S/C2H7NO4S2.CHF3O3S.H2O4S/c1-8(4,5)3-9(2,6)7;2-1(3,4)8(5,6)7;1-5(2,3)4/h3H,1-2H3;(H,5,6,7);(H2,1,2,3,4)/p-1. The summed E-state index contributed by atoms with van der Waals surface area (Å²) in [6.45, 7) is 0. The van der Waals surface area contributed by atoms with Gasteiger partial charge in [-0.15, -0.1) is 4.13 Å². The predicted octanol–water partition coefficient (Wildman–Crippen LogP) is -2.11. The zero-order chi connectivity index (χ0) is 19.2. The molecule has 0 spiro atoms. The van der Waals surface area contributed by atoms with Gasteiger partial charge in [-0.2, -0.15) is 21.6 Å². The van der Waals surface area contributed by atoms with E-state index in [0.717, 1.165) is 12.5 Å². The Bertz CT molecular complexity index is 704. The number of hydrogen-bond acceptors (Lipinski definition) is 9. The number of sulfonamides is 2. The molecule has 0 aromatic heterocycles. The van der Waals surface area contributed by atoms with E-state index in [4.69, 9.17) is 30.5 Å². The molecule has 0 aromatic carbocycles. The Labute approximate surface area is 123 Å².